The van der Waals surface area contributed by atoms with Crippen LogP contribution >= 0.6 is 0 Å². The molecule has 7 heteroatoms. The summed E-state index contributed by atoms with van der Waals surface area (Å²) in [5, 5.41) is 9.56. The van der Waals surface area contributed by atoms with E-state index in [4.69, 9.17) is 9.47 Å². The lowest BCUT2D eigenvalue weighted by molar-refractivity contribution is -0.123. The van der Waals surface area contributed by atoms with Crippen molar-refractivity contribution in [1.29, 1.82) is 0 Å². The third-order valence-electron chi connectivity index (χ3n) is 4.87. The molecule has 1 saturated carbocycles. The van der Waals surface area contributed by atoms with E-state index >= 15 is 0 Å². The number of nitrogens with zero attached hydrogens (tertiary/aromatic N) is 1. The van der Waals surface area contributed by atoms with Crippen LogP contribution in [0, 0.1) is 0 Å². The van der Waals surface area contributed by atoms with Crippen LogP contribution in [0.15, 0.2) is 59.6 Å². The number of aliphatic imine (C=N–C) groups is 1. The van der Waals surface area contributed by atoms with Gasteiger partial charge in [0.25, 0.3) is 5.91 Å². The fourth-order valence-corrected chi connectivity index (χ4v) is 3.03. The molecule has 0 aliphatic heterocycles. The first-order chi connectivity index (χ1) is 15.7. The molecule has 32 heavy (non-hydrogen) atoms. The molecule has 0 saturated heterocycles. The number of amides is 1. The van der Waals surface area contributed by atoms with Crippen LogP contribution in [-0.2, 0) is 11.2 Å². The van der Waals surface area contributed by atoms with E-state index in [2.05, 4.69) is 27.9 Å². The zero-order chi connectivity index (χ0) is 22.4. The summed E-state index contributed by atoms with van der Waals surface area (Å²) in [4.78, 5) is 16.3. The van der Waals surface area contributed by atoms with E-state index in [0.29, 0.717) is 24.9 Å². The predicted molar refractivity (Wildman–Crippen MR) is 127 cm³/mol. The SMILES string of the molecule is CCNC(=NCCCOc1ccccc1)NCCc1ccc(OCC(=O)NC2CC2)cc1. The average molecular weight is 439 g/mol. The molecular weight excluding hydrogens is 404 g/mol. The van der Waals surface area contributed by atoms with Crippen molar-refractivity contribution in [2.45, 2.75) is 38.6 Å². The zero-order valence-electron chi connectivity index (χ0n) is 18.8. The van der Waals surface area contributed by atoms with Gasteiger partial charge in [-0.3, -0.25) is 9.79 Å². The van der Waals surface area contributed by atoms with Gasteiger partial charge in [-0.05, 0) is 56.0 Å². The summed E-state index contributed by atoms with van der Waals surface area (Å²) in [5.41, 5.74) is 1.19. The standard InChI is InChI=1S/C25H34N4O3/c1-2-26-25(27-16-6-18-31-22-7-4-3-5-8-22)28-17-15-20-9-13-23(14-10-20)32-19-24(30)29-21-11-12-21/h3-5,7-10,13-14,21H,2,6,11-12,15-19H2,1H3,(H,29,30)(H2,26,27,28). The minimum absolute atomic E-state index is 0.0531. The number of carbonyl (C=O) groups is 1. The first-order valence-electron chi connectivity index (χ1n) is 11.4. The van der Waals surface area contributed by atoms with Gasteiger partial charge in [0.05, 0.1) is 6.61 Å². The van der Waals surface area contributed by atoms with E-state index < -0.39 is 0 Å². The van der Waals surface area contributed by atoms with Crippen molar-refractivity contribution in [2.75, 3.05) is 32.8 Å². The van der Waals surface area contributed by atoms with Gasteiger partial charge in [-0.2, -0.15) is 0 Å². The lowest BCUT2D eigenvalue weighted by Crippen LogP contribution is -2.38. The maximum absolute atomic E-state index is 11.7. The van der Waals surface area contributed by atoms with Crippen LogP contribution in [0.4, 0.5) is 0 Å². The van der Waals surface area contributed by atoms with Gasteiger partial charge in [-0.25, -0.2) is 0 Å². The van der Waals surface area contributed by atoms with Gasteiger partial charge in [-0.1, -0.05) is 30.3 Å². The van der Waals surface area contributed by atoms with Crippen molar-refractivity contribution in [2.24, 2.45) is 4.99 Å². The maximum atomic E-state index is 11.7. The Kier molecular flexibility index (Phi) is 9.71. The Hall–Kier alpha value is -3.22. The summed E-state index contributed by atoms with van der Waals surface area (Å²) in [7, 11) is 0. The summed E-state index contributed by atoms with van der Waals surface area (Å²) in [6.07, 6.45) is 3.88. The highest BCUT2D eigenvalue weighted by atomic mass is 16.5. The summed E-state index contributed by atoms with van der Waals surface area (Å²) in [5.74, 6) is 2.36. The molecule has 0 atom stereocenters. The molecule has 0 aromatic heterocycles. The first kappa shape index (κ1) is 23.4. The Labute approximate surface area is 190 Å². The lowest BCUT2D eigenvalue weighted by atomic mass is 10.1. The minimum Gasteiger partial charge on any atom is -0.494 e. The van der Waals surface area contributed by atoms with E-state index in [9.17, 15) is 4.79 Å². The van der Waals surface area contributed by atoms with Crippen molar-refractivity contribution in [3.05, 3.63) is 60.2 Å². The third-order valence-corrected chi connectivity index (χ3v) is 4.87. The highest BCUT2D eigenvalue weighted by Gasteiger charge is 2.23. The van der Waals surface area contributed by atoms with E-state index in [1.807, 2.05) is 54.6 Å². The summed E-state index contributed by atoms with van der Waals surface area (Å²) in [6, 6.07) is 18.1. The number of benzene rings is 2. The average Bonchev–Trinajstić information content (AvgIpc) is 3.63. The molecule has 0 unspecified atom stereocenters. The summed E-state index contributed by atoms with van der Waals surface area (Å²) < 4.78 is 11.3. The van der Waals surface area contributed by atoms with Crippen molar-refractivity contribution >= 4 is 11.9 Å². The Morgan fingerprint density at radius 2 is 1.75 bits per heavy atom. The quantitative estimate of drug-likeness (QED) is 0.254. The molecule has 1 aliphatic carbocycles. The number of guanidine groups is 1. The largest absolute Gasteiger partial charge is 0.494 e. The molecule has 0 radical (unpaired) electrons. The summed E-state index contributed by atoms with van der Waals surface area (Å²) in [6.45, 7) is 5.05. The highest BCUT2D eigenvalue weighted by molar-refractivity contribution is 5.79. The number of para-hydroxylation sites is 1. The van der Waals surface area contributed by atoms with E-state index in [1.165, 1.54) is 5.56 Å². The van der Waals surface area contributed by atoms with Gasteiger partial charge in [0.15, 0.2) is 12.6 Å². The van der Waals surface area contributed by atoms with Crippen LogP contribution in [0.5, 0.6) is 11.5 Å². The van der Waals surface area contributed by atoms with Crippen LogP contribution in [0.25, 0.3) is 0 Å². The zero-order valence-corrected chi connectivity index (χ0v) is 18.8. The molecule has 1 amide bonds. The molecule has 1 fully saturated rings. The van der Waals surface area contributed by atoms with Gasteiger partial charge < -0.3 is 25.4 Å². The number of nitrogens with one attached hydrogen (secondary N) is 3. The topological polar surface area (TPSA) is 84.0 Å². The molecule has 1 aliphatic rings. The second-order valence-electron chi connectivity index (χ2n) is 7.73. The molecular formula is C25H34N4O3. The Balaban J connectivity index is 1.32. The smallest absolute Gasteiger partial charge is 0.258 e. The highest BCUT2D eigenvalue weighted by Crippen LogP contribution is 2.18. The van der Waals surface area contributed by atoms with Crippen molar-refractivity contribution in [1.82, 2.24) is 16.0 Å². The molecule has 2 aromatic carbocycles. The second kappa shape index (κ2) is 13.2. The molecule has 0 spiro atoms. The predicted octanol–water partition coefficient (Wildman–Crippen LogP) is 2.91. The van der Waals surface area contributed by atoms with Gasteiger partial charge in [0, 0.05) is 32.1 Å². The van der Waals surface area contributed by atoms with E-state index in [-0.39, 0.29) is 12.5 Å². The number of hydrogen-bond acceptors (Lipinski definition) is 4. The van der Waals surface area contributed by atoms with Crippen LogP contribution in [-0.4, -0.2) is 50.8 Å². The normalized spacial score (nSPS) is 13.3. The molecule has 172 valence electrons. The van der Waals surface area contributed by atoms with Crippen LogP contribution in [0.2, 0.25) is 0 Å². The maximum Gasteiger partial charge on any atom is 0.258 e. The Morgan fingerprint density at radius 1 is 1.00 bits per heavy atom. The Morgan fingerprint density at radius 3 is 2.47 bits per heavy atom. The lowest BCUT2D eigenvalue weighted by Gasteiger charge is -2.12. The second-order valence-corrected chi connectivity index (χ2v) is 7.73. The molecule has 7 nitrogen and oxygen atoms in total. The van der Waals surface area contributed by atoms with Crippen LogP contribution < -0.4 is 25.4 Å². The van der Waals surface area contributed by atoms with E-state index in [1.54, 1.807) is 0 Å². The van der Waals surface area contributed by atoms with Gasteiger partial charge >= 0.3 is 0 Å². The van der Waals surface area contributed by atoms with Gasteiger partial charge in [-0.15, -0.1) is 0 Å². The van der Waals surface area contributed by atoms with Crippen molar-refractivity contribution in [3.8, 4) is 11.5 Å². The molecule has 3 rings (SSSR count). The monoisotopic (exact) mass is 438 g/mol. The third kappa shape index (κ3) is 9.29. The fraction of sp³-hybridized carbons (Fsp3) is 0.440. The molecule has 2 aromatic rings. The summed E-state index contributed by atoms with van der Waals surface area (Å²) >= 11 is 0. The van der Waals surface area contributed by atoms with Crippen molar-refractivity contribution < 1.29 is 14.3 Å². The molecule has 0 heterocycles. The van der Waals surface area contributed by atoms with Crippen LogP contribution in [0.1, 0.15) is 31.7 Å². The van der Waals surface area contributed by atoms with Gasteiger partial charge in [0.2, 0.25) is 0 Å². The first-order valence-corrected chi connectivity index (χ1v) is 11.4. The molecule has 3 N–H and O–H groups in total. The number of rotatable bonds is 13. The fourth-order valence-electron chi connectivity index (χ4n) is 3.03. The van der Waals surface area contributed by atoms with Gasteiger partial charge in [0.1, 0.15) is 11.5 Å². The number of carbonyl (C=O) groups excluding carboxylic acids is 1. The van der Waals surface area contributed by atoms with Crippen molar-refractivity contribution in [3.63, 3.8) is 0 Å². The number of ether oxygens (including phenoxy) is 2. The van der Waals surface area contributed by atoms with Crippen LogP contribution in [0.3, 0.4) is 0 Å². The number of hydrogen-bond donors (Lipinski definition) is 3. The molecule has 0 bridgehead atoms. The van der Waals surface area contributed by atoms with E-state index in [0.717, 1.165) is 50.5 Å². The Bertz CT molecular complexity index is 836. The minimum atomic E-state index is -0.0531.